The van der Waals surface area contributed by atoms with E-state index in [1.807, 2.05) is 59.2 Å². The summed E-state index contributed by atoms with van der Waals surface area (Å²) in [5.41, 5.74) is 9.13. The third kappa shape index (κ3) is 4.79. The Hall–Kier alpha value is -2.51. The maximum atomic E-state index is 13.7. The molecule has 32 heavy (non-hydrogen) atoms. The smallest absolute Gasteiger partial charge is 0.250 e. The van der Waals surface area contributed by atoms with Crippen molar-refractivity contribution in [3.8, 4) is 11.1 Å². The molecule has 1 fully saturated rings. The Morgan fingerprint density at radius 3 is 2.34 bits per heavy atom. The molecule has 1 aliphatic rings. The van der Waals surface area contributed by atoms with E-state index in [0.29, 0.717) is 11.7 Å². The number of benzene rings is 2. The lowest BCUT2D eigenvalue weighted by Gasteiger charge is -2.21. The molecule has 6 nitrogen and oxygen atoms in total. The van der Waals surface area contributed by atoms with Crippen LogP contribution in [-0.4, -0.2) is 23.2 Å². The van der Waals surface area contributed by atoms with E-state index in [1.165, 1.54) is 0 Å². The van der Waals surface area contributed by atoms with Crippen LogP contribution in [0.1, 0.15) is 69.4 Å². The van der Waals surface area contributed by atoms with Crippen LogP contribution in [0.25, 0.3) is 11.1 Å². The summed E-state index contributed by atoms with van der Waals surface area (Å²) in [6.07, 6.45) is 4.77. The average Bonchev–Trinajstić information content (AvgIpc) is 3.44. The van der Waals surface area contributed by atoms with Crippen LogP contribution in [-0.2, 0) is 15.6 Å². The minimum absolute atomic E-state index is 0.0569. The molecule has 1 aliphatic carbocycles. The largest absolute Gasteiger partial charge is 0.321 e. The van der Waals surface area contributed by atoms with E-state index in [2.05, 4.69) is 24.0 Å². The van der Waals surface area contributed by atoms with Crippen molar-refractivity contribution in [1.29, 1.82) is 0 Å². The number of nitrogens with two attached hydrogens (primary N) is 1. The minimum Gasteiger partial charge on any atom is -0.321 e. The molecule has 0 unspecified atom stereocenters. The highest BCUT2D eigenvalue weighted by Crippen LogP contribution is 2.35. The first-order valence-electron chi connectivity index (χ1n) is 11.4. The van der Waals surface area contributed by atoms with Gasteiger partial charge in [-0.3, -0.25) is 4.57 Å². The van der Waals surface area contributed by atoms with Gasteiger partial charge in [-0.15, -0.1) is 10.2 Å². The Balaban J connectivity index is 1.73. The van der Waals surface area contributed by atoms with Crippen molar-refractivity contribution < 1.29 is 8.42 Å². The molecule has 1 heterocycles. The molecule has 7 heteroatoms. The first kappa shape index (κ1) is 22.7. The van der Waals surface area contributed by atoms with Gasteiger partial charge in [0.05, 0.1) is 11.8 Å². The zero-order valence-electron chi connectivity index (χ0n) is 18.8. The van der Waals surface area contributed by atoms with Crippen molar-refractivity contribution in [1.82, 2.24) is 14.8 Å². The maximum absolute atomic E-state index is 13.7. The second kappa shape index (κ2) is 9.55. The SMILES string of the molecule is CC(C)C[C@H](N)c1nnc(S(=O)(=O)Cc2ccccc2-c2ccccc2)n1C1CCCC1. The molecule has 2 aromatic carbocycles. The third-order valence-electron chi connectivity index (χ3n) is 6.16. The van der Waals surface area contributed by atoms with Crippen LogP contribution in [0.3, 0.4) is 0 Å². The molecular formula is C25H32N4O2S. The Morgan fingerprint density at radius 1 is 1.00 bits per heavy atom. The average molecular weight is 453 g/mol. The molecule has 170 valence electrons. The van der Waals surface area contributed by atoms with Crippen molar-refractivity contribution in [2.75, 3.05) is 0 Å². The van der Waals surface area contributed by atoms with E-state index in [0.717, 1.165) is 48.8 Å². The highest BCUT2D eigenvalue weighted by atomic mass is 32.2. The monoisotopic (exact) mass is 452 g/mol. The van der Waals surface area contributed by atoms with Crippen molar-refractivity contribution in [3.05, 3.63) is 66.0 Å². The van der Waals surface area contributed by atoms with Gasteiger partial charge in [0.2, 0.25) is 15.0 Å². The molecule has 0 radical (unpaired) electrons. The first-order chi connectivity index (χ1) is 15.4. The molecule has 1 atom stereocenters. The van der Waals surface area contributed by atoms with Gasteiger partial charge in [0.25, 0.3) is 0 Å². The van der Waals surface area contributed by atoms with Crippen molar-refractivity contribution >= 4 is 9.84 Å². The number of nitrogens with zero attached hydrogens (tertiary/aromatic N) is 3. The molecule has 1 aromatic heterocycles. The minimum atomic E-state index is -3.72. The van der Waals surface area contributed by atoms with Gasteiger partial charge in [0.15, 0.2) is 5.82 Å². The van der Waals surface area contributed by atoms with Crippen LogP contribution in [0.5, 0.6) is 0 Å². The van der Waals surface area contributed by atoms with Gasteiger partial charge in [0.1, 0.15) is 0 Å². The first-order valence-corrected chi connectivity index (χ1v) is 13.1. The van der Waals surface area contributed by atoms with Gasteiger partial charge in [-0.25, -0.2) is 8.42 Å². The van der Waals surface area contributed by atoms with Crippen LogP contribution in [0.15, 0.2) is 59.8 Å². The van der Waals surface area contributed by atoms with E-state index in [4.69, 9.17) is 5.73 Å². The van der Waals surface area contributed by atoms with Gasteiger partial charge >= 0.3 is 0 Å². The number of hydrogen-bond donors (Lipinski definition) is 1. The quantitative estimate of drug-likeness (QED) is 0.515. The summed E-state index contributed by atoms with van der Waals surface area (Å²) < 4.78 is 29.2. The molecule has 0 bridgehead atoms. The molecule has 4 rings (SSSR count). The highest BCUT2D eigenvalue weighted by molar-refractivity contribution is 7.90. The molecule has 0 spiro atoms. The Labute approximate surface area is 190 Å². The summed E-state index contributed by atoms with van der Waals surface area (Å²) in [5.74, 6) is 0.861. The number of rotatable bonds is 8. The fraction of sp³-hybridized carbons (Fsp3) is 0.440. The van der Waals surface area contributed by atoms with Crippen LogP contribution in [0.2, 0.25) is 0 Å². The third-order valence-corrected chi connectivity index (χ3v) is 7.69. The van der Waals surface area contributed by atoms with Crippen molar-refractivity contribution in [2.45, 2.75) is 68.9 Å². The summed E-state index contributed by atoms with van der Waals surface area (Å²) in [6.45, 7) is 4.21. The normalized spacial score (nSPS) is 16.0. The lowest BCUT2D eigenvalue weighted by Crippen LogP contribution is -2.23. The van der Waals surface area contributed by atoms with E-state index < -0.39 is 9.84 Å². The zero-order valence-corrected chi connectivity index (χ0v) is 19.6. The van der Waals surface area contributed by atoms with Crippen LogP contribution < -0.4 is 5.73 Å². The lowest BCUT2D eigenvalue weighted by atomic mass is 10.0. The second-order valence-corrected chi connectivity index (χ2v) is 11.1. The van der Waals surface area contributed by atoms with Crippen molar-refractivity contribution in [3.63, 3.8) is 0 Å². The van der Waals surface area contributed by atoms with Crippen molar-refractivity contribution in [2.24, 2.45) is 11.7 Å². The Bertz CT molecular complexity index is 1150. The van der Waals surface area contributed by atoms with E-state index in [1.54, 1.807) is 0 Å². The van der Waals surface area contributed by atoms with Crippen LogP contribution >= 0.6 is 0 Å². The molecule has 0 aliphatic heterocycles. The number of aromatic nitrogens is 3. The summed E-state index contributed by atoms with van der Waals surface area (Å²) >= 11 is 0. The highest BCUT2D eigenvalue weighted by Gasteiger charge is 2.33. The molecule has 3 aromatic rings. The maximum Gasteiger partial charge on any atom is 0.250 e. The lowest BCUT2D eigenvalue weighted by molar-refractivity contribution is 0.414. The molecule has 0 saturated heterocycles. The van der Waals surface area contributed by atoms with Gasteiger partial charge in [0, 0.05) is 6.04 Å². The van der Waals surface area contributed by atoms with E-state index in [-0.39, 0.29) is 23.0 Å². The number of hydrogen-bond acceptors (Lipinski definition) is 5. The molecular weight excluding hydrogens is 420 g/mol. The Morgan fingerprint density at radius 2 is 1.66 bits per heavy atom. The zero-order chi connectivity index (χ0) is 22.7. The number of sulfone groups is 1. The predicted octanol–water partition coefficient (Wildman–Crippen LogP) is 5.08. The van der Waals surface area contributed by atoms with Crippen LogP contribution in [0, 0.1) is 5.92 Å². The Kier molecular flexibility index (Phi) is 6.76. The van der Waals surface area contributed by atoms with Crippen LogP contribution in [0.4, 0.5) is 0 Å². The summed E-state index contributed by atoms with van der Waals surface area (Å²) in [6, 6.07) is 17.3. The van der Waals surface area contributed by atoms with Gasteiger partial charge in [-0.2, -0.15) is 0 Å². The fourth-order valence-electron chi connectivity index (χ4n) is 4.69. The standard InChI is InChI=1S/C25H32N4O2S/c1-18(2)16-23(26)24-27-28-25(29(24)21-13-7-8-14-21)32(30,31)17-20-12-6-9-15-22(20)19-10-4-3-5-11-19/h3-6,9-12,15,18,21,23H,7-8,13-14,16-17,26H2,1-2H3/t23-/m0/s1. The topological polar surface area (TPSA) is 90.9 Å². The summed E-state index contributed by atoms with van der Waals surface area (Å²) in [4.78, 5) is 0. The summed E-state index contributed by atoms with van der Waals surface area (Å²) in [5, 5.41) is 8.57. The predicted molar refractivity (Wildman–Crippen MR) is 127 cm³/mol. The van der Waals surface area contributed by atoms with E-state index in [9.17, 15) is 8.42 Å². The van der Waals surface area contributed by atoms with E-state index >= 15 is 0 Å². The summed E-state index contributed by atoms with van der Waals surface area (Å²) in [7, 11) is -3.72. The second-order valence-electron chi connectivity index (χ2n) is 9.17. The molecule has 1 saturated carbocycles. The van der Waals surface area contributed by atoms with Gasteiger partial charge in [-0.1, -0.05) is 81.3 Å². The van der Waals surface area contributed by atoms with Gasteiger partial charge in [-0.05, 0) is 41.9 Å². The molecule has 2 N–H and O–H groups in total. The fourth-order valence-corrected chi connectivity index (χ4v) is 6.18. The van der Waals surface area contributed by atoms with Gasteiger partial charge < -0.3 is 5.73 Å². The molecule has 0 amide bonds.